The molecule has 0 aliphatic carbocycles. The van der Waals surface area contributed by atoms with Crippen molar-refractivity contribution in [2.75, 3.05) is 11.9 Å². The summed E-state index contributed by atoms with van der Waals surface area (Å²) in [6.45, 7) is 1.90. The summed E-state index contributed by atoms with van der Waals surface area (Å²) in [4.78, 5) is 21.6. The Morgan fingerprint density at radius 3 is 2.94 bits per heavy atom. The number of nitro groups is 1. The lowest BCUT2D eigenvalue weighted by molar-refractivity contribution is -0.385. The SMILES string of the molecule is CCCc1cc2c(cc1[N+](=O)[O-])NC(=O)CO2. The van der Waals surface area contributed by atoms with Crippen molar-refractivity contribution < 1.29 is 14.5 Å². The second-order valence-electron chi connectivity index (χ2n) is 3.82. The molecule has 0 atom stereocenters. The fourth-order valence-corrected chi connectivity index (χ4v) is 1.80. The van der Waals surface area contributed by atoms with Gasteiger partial charge in [0.05, 0.1) is 10.6 Å². The number of rotatable bonds is 3. The van der Waals surface area contributed by atoms with Gasteiger partial charge in [-0.05, 0) is 12.5 Å². The molecule has 1 heterocycles. The molecular weight excluding hydrogens is 224 g/mol. The van der Waals surface area contributed by atoms with E-state index in [2.05, 4.69) is 5.32 Å². The monoisotopic (exact) mass is 236 g/mol. The summed E-state index contributed by atoms with van der Waals surface area (Å²) in [7, 11) is 0. The van der Waals surface area contributed by atoms with Crippen LogP contribution in [0.25, 0.3) is 0 Å². The van der Waals surface area contributed by atoms with Crippen LogP contribution in [0.2, 0.25) is 0 Å². The molecule has 0 saturated carbocycles. The Kier molecular flexibility index (Phi) is 2.95. The molecule has 0 aromatic heterocycles. The normalized spacial score (nSPS) is 13.6. The van der Waals surface area contributed by atoms with Crippen molar-refractivity contribution >= 4 is 17.3 Å². The average molecular weight is 236 g/mol. The molecule has 0 unspecified atom stereocenters. The first-order valence-electron chi connectivity index (χ1n) is 5.35. The van der Waals surface area contributed by atoms with Crippen LogP contribution in [0.5, 0.6) is 5.75 Å². The van der Waals surface area contributed by atoms with Crippen LogP contribution in [0, 0.1) is 10.1 Å². The minimum absolute atomic E-state index is 0.0244. The highest BCUT2D eigenvalue weighted by Crippen LogP contribution is 2.35. The van der Waals surface area contributed by atoms with Gasteiger partial charge in [0.1, 0.15) is 5.75 Å². The van der Waals surface area contributed by atoms with Crippen LogP contribution in [-0.4, -0.2) is 17.4 Å². The maximum Gasteiger partial charge on any atom is 0.274 e. The molecule has 1 aliphatic heterocycles. The van der Waals surface area contributed by atoms with E-state index in [0.29, 0.717) is 23.4 Å². The summed E-state index contributed by atoms with van der Waals surface area (Å²) in [5, 5.41) is 13.5. The molecule has 0 bridgehead atoms. The zero-order valence-corrected chi connectivity index (χ0v) is 9.36. The van der Waals surface area contributed by atoms with Crippen molar-refractivity contribution in [1.82, 2.24) is 0 Å². The molecule has 0 fully saturated rings. The van der Waals surface area contributed by atoms with E-state index in [-0.39, 0.29) is 18.2 Å². The summed E-state index contributed by atoms with van der Waals surface area (Å²) < 4.78 is 5.22. The molecular formula is C11H12N2O4. The van der Waals surface area contributed by atoms with Gasteiger partial charge in [-0.25, -0.2) is 0 Å². The summed E-state index contributed by atoms with van der Waals surface area (Å²) in [6.07, 6.45) is 1.42. The highest BCUT2D eigenvalue weighted by Gasteiger charge is 2.22. The number of ether oxygens (including phenoxy) is 1. The Morgan fingerprint density at radius 1 is 1.53 bits per heavy atom. The Balaban J connectivity index is 2.47. The van der Waals surface area contributed by atoms with Crippen molar-refractivity contribution in [1.29, 1.82) is 0 Å². The molecule has 0 spiro atoms. The number of aryl methyl sites for hydroxylation is 1. The Bertz CT molecular complexity index is 485. The van der Waals surface area contributed by atoms with Crippen LogP contribution >= 0.6 is 0 Å². The summed E-state index contributed by atoms with van der Waals surface area (Å²) in [5.41, 5.74) is 1.02. The van der Waals surface area contributed by atoms with Gasteiger partial charge in [-0.2, -0.15) is 0 Å². The quantitative estimate of drug-likeness (QED) is 0.641. The molecule has 17 heavy (non-hydrogen) atoms. The van der Waals surface area contributed by atoms with Crippen LogP contribution in [0.3, 0.4) is 0 Å². The van der Waals surface area contributed by atoms with Gasteiger partial charge in [0.15, 0.2) is 6.61 Å². The number of fused-ring (bicyclic) bond motifs is 1. The lowest BCUT2D eigenvalue weighted by atomic mass is 10.1. The van der Waals surface area contributed by atoms with E-state index in [1.165, 1.54) is 6.07 Å². The number of benzene rings is 1. The predicted molar refractivity (Wildman–Crippen MR) is 61.2 cm³/mol. The molecule has 1 amide bonds. The third-order valence-corrected chi connectivity index (χ3v) is 2.53. The zero-order chi connectivity index (χ0) is 12.4. The minimum Gasteiger partial charge on any atom is -0.482 e. The zero-order valence-electron chi connectivity index (χ0n) is 9.36. The van der Waals surface area contributed by atoms with Crippen molar-refractivity contribution in [3.05, 3.63) is 27.8 Å². The largest absolute Gasteiger partial charge is 0.482 e. The molecule has 0 radical (unpaired) electrons. The van der Waals surface area contributed by atoms with E-state index < -0.39 is 4.92 Å². The number of hydrogen-bond acceptors (Lipinski definition) is 4. The summed E-state index contributed by atoms with van der Waals surface area (Å²) >= 11 is 0. The summed E-state index contributed by atoms with van der Waals surface area (Å²) in [6, 6.07) is 2.99. The van der Waals surface area contributed by atoms with Gasteiger partial charge >= 0.3 is 0 Å². The Morgan fingerprint density at radius 2 is 2.29 bits per heavy atom. The number of nitrogens with zero attached hydrogens (tertiary/aromatic N) is 1. The van der Waals surface area contributed by atoms with Gasteiger partial charge in [-0.1, -0.05) is 13.3 Å². The lowest BCUT2D eigenvalue weighted by Gasteiger charge is -2.18. The van der Waals surface area contributed by atoms with Crippen LogP contribution in [0.15, 0.2) is 12.1 Å². The maximum atomic E-state index is 11.1. The molecule has 1 N–H and O–H groups in total. The van der Waals surface area contributed by atoms with Crippen LogP contribution in [0.1, 0.15) is 18.9 Å². The van der Waals surface area contributed by atoms with Crippen molar-refractivity contribution in [3.63, 3.8) is 0 Å². The van der Waals surface area contributed by atoms with Gasteiger partial charge in [-0.15, -0.1) is 0 Å². The smallest absolute Gasteiger partial charge is 0.274 e. The summed E-state index contributed by atoms with van der Waals surface area (Å²) in [5.74, 6) is 0.202. The van der Waals surface area contributed by atoms with Crippen LogP contribution < -0.4 is 10.1 Å². The first-order valence-corrected chi connectivity index (χ1v) is 5.35. The fraction of sp³-hybridized carbons (Fsp3) is 0.364. The third kappa shape index (κ3) is 2.20. The number of carbonyl (C=O) groups excluding carboxylic acids is 1. The fourth-order valence-electron chi connectivity index (χ4n) is 1.80. The van der Waals surface area contributed by atoms with E-state index in [4.69, 9.17) is 4.74 Å². The van der Waals surface area contributed by atoms with E-state index in [1.54, 1.807) is 6.07 Å². The van der Waals surface area contributed by atoms with Crippen LogP contribution in [0.4, 0.5) is 11.4 Å². The van der Waals surface area contributed by atoms with Crippen LogP contribution in [-0.2, 0) is 11.2 Å². The minimum atomic E-state index is -0.438. The van der Waals surface area contributed by atoms with Crippen molar-refractivity contribution in [2.45, 2.75) is 19.8 Å². The maximum absolute atomic E-state index is 11.1. The van der Waals surface area contributed by atoms with Crippen molar-refractivity contribution in [2.24, 2.45) is 0 Å². The lowest BCUT2D eigenvalue weighted by Crippen LogP contribution is -2.25. The van der Waals surface area contributed by atoms with E-state index >= 15 is 0 Å². The Hall–Kier alpha value is -2.11. The molecule has 90 valence electrons. The molecule has 2 rings (SSSR count). The van der Waals surface area contributed by atoms with Gasteiger partial charge in [0.25, 0.3) is 11.6 Å². The molecule has 1 aromatic carbocycles. The van der Waals surface area contributed by atoms with Gasteiger partial charge in [0.2, 0.25) is 0 Å². The number of nitrogens with one attached hydrogen (secondary N) is 1. The molecule has 6 heteroatoms. The number of hydrogen-bond donors (Lipinski definition) is 1. The van der Waals surface area contributed by atoms with Gasteiger partial charge < -0.3 is 10.1 Å². The first kappa shape index (κ1) is 11.4. The molecule has 6 nitrogen and oxygen atoms in total. The average Bonchev–Trinajstić information content (AvgIpc) is 2.28. The highest BCUT2D eigenvalue weighted by molar-refractivity contribution is 5.96. The van der Waals surface area contributed by atoms with E-state index in [9.17, 15) is 14.9 Å². The first-order chi connectivity index (χ1) is 8.11. The van der Waals surface area contributed by atoms with E-state index in [1.807, 2.05) is 6.92 Å². The second-order valence-corrected chi connectivity index (χ2v) is 3.82. The van der Waals surface area contributed by atoms with E-state index in [0.717, 1.165) is 6.42 Å². The number of carbonyl (C=O) groups is 1. The van der Waals surface area contributed by atoms with Gasteiger partial charge in [0, 0.05) is 11.6 Å². The number of amides is 1. The van der Waals surface area contributed by atoms with Crippen molar-refractivity contribution in [3.8, 4) is 5.75 Å². The molecule has 0 saturated heterocycles. The molecule has 1 aromatic rings. The predicted octanol–water partition coefficient (Wildman–Crippen LogP) is 1.88. The number of nitro benzene ring substituents is 1. The standard InChI is InChI=1S/C11H12N2O4/c1-2-3-7-4-10-8(5-9(7)13(15)16)12-11(14)6-17-10/h4-5H,2-3,6H2,1H3,(H,12,14). The van der Waals surface area contributed by atoms with Gasteiger partial charge in [-0.3, -0.25) is 14.9 Å². The number of anilines is 1. The topological polar surface area (TPSA) is 81.5 Å². The highest BCUT2D eigenvalue weighted by atomic mass is 16.6. The molecule has 1 aliphatic rings. The third-order valence-electron chi connectivity index (χ3n) is 2.53. The Labute approximate surface area is 97.7 Å². The second kappa shape index (κ2) is 4.40.